The zero-order valence-corrected chi connectivity index (χ0v) is 7.27. The second-order valence-electron chi connectivity index (χ2n) is 3.54. The van der Waals surface area contributed by atoms with Gasteiger partial charge in [-0.15, -0.1) is 12.4 Å². The van der Waals surface area contributed by atoms with Crippen molar-refractivity contribution in [3.8, 4) is 0 Å². The number of ketones is 1. The standard InChI is InChI=1S/C8H13NO.ClH/c9-7-5-1-3-6(4-2-5)8(7)10;/h5-7H,1-4,9H2;1H. The predicted molar refractivity (Wildman–Crippen MR) is 45.7 cm³/mol. The molecule has 3 fully saturated rings. The molecule has 11 heavy (non-hydrogen) atoms. The number of fused-ring (bicyclic) bond motifs is 3. The van der Waals surface area contributed by atoms with Gasteiger partial charge in [0, 0.05) is 5.92 Å². The van der Waals surface area contributed by atoms with Gasteiger partial charge in [0.05, 0.1) is 6.04 Å². The highest BCUT2D eigenvalue weighted by atomic mass is 35.5. The molecule has 0 aliphatic heterocycles. The summed E-state index contributed by atoms with van der Waals surface area (Å²) in [4.78, 5) is 11.3. The minimum atomic E-state index is -0.104. The van der Waals surface area contributed by atoms with Gasteiger partial charge in [0.25, 0.3) is 0 Å². The van der Waals surface area contributed by atoms with Crippen molar-refractivity contribution in [1.82, 2.24) is 0 Å². The Morgan fingerprint density at radius 3 is 2.00 bits per heavy atom. The molecule has 0 amide bonds. The van der Waals surface area contributed by atoms with Crippen molar-refractivity contribution in [3.05, 3.63) is 0 Å². The fourth-order valence-electron chi connectivity index (χ4n) is 2.27. The van der Waals surface area contributed by atoms with Crippen LogP contribution in [0.25, 0.3) is 0 Å². The average molecular weight is 176 g/mol. The molecular formula is C8H14ClNO. The molecule has 0 aromatic heterocycles. The highest BCUT2D eigenvalue weighted by Gasteiger charge is 2.40. The Morgan fingerprint density at radius 2 is 1.73 bits per heavy atom. The van der Waals surface area contributed by atoms with Crippen LogP contribution in [-0.2, 0) is 4.79 Å². The van der Waals surface area contributed by atoms with Crippen molar-refractivity contribution in [2.45, 2.75) is 31.7 Å². The first-order valence-corrected chi connectivity index (χ1v) is 4.08. The van der Waals surface area contributed by atoms with Gasteiger partial charge in [0.15, 0.2) is 5.78 Å². The van der Waals surface area contributed by atoms with Crippen molar-refractivity contribution in [2.75, 3.05) is 0 Å². The van der Waals surface area contributed by atoms with Crippen LogP contribution in [-0.4, -0.2) is 11.8 Å². The Morgan fingerprint density at radius 1 is 1.18 bits per heavy atom. The summed E-state index contributed by atoms with van der Waals surface area (Å²) < 4.78 is 0. The SMILES string of the molecule is Cl.NC1C(=O)C2CCC1CC2. The molecular weight excluding hydrogens is 162 g/mol. The van der Waals surface area contributed by atoms with E-state index < -0.39 is 0 Å². The van der Waals surface area contributed by atoms with E-state index in [4.69, 9.17) is 5.73 Å². The number of nitrogens with two attached hydrogens (primary N) is 1. The first-order chi connectivity index (χ1) is 4.79. The number of carbonyl (C=O) groups excluding carboxylic acids is 1. The predicted octanol–water partition coefficient (Wildman–Crippen LogP) is 1.12. The molecule has 3 aliphatic carbocycles. The van der Waals surface area contributed by atoms with Crippen molar-refractivity contribution >= 4 is 18.2 Å². The summed E-state index contributed by atoms with van der Waals surface area (Å²) in [5.41, 5.74) is 5.71. The zero-order valence-electron chi connectivity index (χ0n) is 6.45. The number of hydrogen-bond donors (Lipinski definition) is 1. The molecule has 0 spiro atoms. The van der Waals surface area contributed by atoms with Gasteiger partial charge in [0.1, 0.15) is 0 Å². The summed E-state index contributed by atoms with van der Waals surface area (Å²) in [5.74, 6) is 1.19. The molecule has 2 nitrogen and oxygen atoms in total. The summed E-state index contributed by atoms with van der Waals surface area (Å²) in [6.07, 6.45) is 4.60. The largest absolute Gasteiger partial charge is 0.321 e. The van der Waals surface area contributed by atoms with E-state index in [1.807, 2.05) is 0 Å². The third-order valence-corrected chi connectivity index (χ3v) is 3.01. The zero-order chi connectivity index (χ0) is 7.14. The summed E-state index contributed by atoms with van der Waals surface area (Å²) in [5, 5.41) is 0. The van der Waals surface area contributed by atoms with Gasteiger partial charge in [-0.2, -0.15) is 0 Å². The van der Waals surface area contributed by atoms with Crippen LogP contribution in [0, 0.1) is 11.8 Å². The number of rotatable bonds is 0. The molecule has 3 rings (SSSR count). The molecule has 3 heteroatoms. The van der Waals surface area contributed by atoms with Crippen LogP contribution in [0.5, 0.6) is 0 Å². The summed E-state index contributed by atoms with van der Waals surface area (Å²) in [7, 11) is 0. The van der Waals surface area contributed by atoms with E-state index in [1.165, 1.54) is 12.8 Å². The Hall–Kier alpha value is -0.0800. The fourth-order valence-corrected chi connectivity index (χ4v) is 2.27. The molecule has 3 aliphatic rings. The lowest BCUT2D eigenvalue weighted by Gasteiger charge is -2.38. The van der Waals surface area contributed by atoms with Gasteiger partial charge in [-0.3, -0.25) is 4.79 Å². The number of halogens is 1. The van der Waals surface area contributed by atoms with E-state index in [-0.39, 0.29) is 18.4 Å². The van der Waals surface area contributed by atoms with Gasteiger partial charge in [-0.25, -0.2) is 0 Å². The Bertz CT molecular complexity index is 159. The highest BCUT2D eigenvalue weighted by Crippen LogP contribution is 2.37. The lowest BCUT2D eigenvalue weighted by Crippen LogP contribution is -2.49. The van der Waals surface area contributed by atoms with E-state index in [0.717, 1.165) is 12.8 Å². The maximum Gasteiger partial charge on any atom is 0.152 e. The summed E-state index contributed by atoms with van der Waals surface area (Å²) in [6.45, 7) is 0. The Labute approximate surface area is 72.9 Å². The monoisotopic (exact) mass is 175 g/mol. The maximum absolute atomic E-state index is 11.3. The van der Waals surface area contributed by atoms with Crippen molar-refractivity contribution in [1.29, 1.82) is 0 Å². The fraction of sp³-hybridized carbons (Fsp3) is 0.875. The smallest absolute Gasteiger partial charge is 0.152 e. The second kappa shape index (κ2) is 3.11. The van der Waals surface area contributed by atoms with Crippen molar-refractivity contribution in [2.24, 2.45) is 17.6 Å². The molecule has 0 heterocycles. The van der Waals surface area contributed by atoms with E-state index in [9.17, 15) is 4.79 Å². The normalized spacial score (nSPS) is 41.9. The minimum Gasteiger partial charge on any atom is -0.321 e. The molecule has 3 saturated carbocycles. The van der Waals surface area contributed by atoms with Crippen LogP contribution >= 0.6 is 12.4 Å². The second-order valence-corrected chi connectivity index (χ2v) is 3.54. The molecule has 64 valence electrons. The molecule has 1 unspecified atom stereocenters. The molecule has 0 saturated heterocycles. The van der Waals surface area contributed by atoms with Crippen LogP contribution in [0.2, 0.25) is 0 Å². The van der Waals surface area contributed by atoms with Crippen LogP contribution in [0.1, 0.15) is 25.7 Å². The molecule has 0 aromatic rings. The Balaban J connectivity index is 0.000000605. The van der Waals surface area contributed by atoms with Gasteiger partial charge >= 0.3 is 0 Å². The topological polar surface area (TPSA) is 43.1 Å². The quantitative estimate of drug-likeness (QED) is 0.600. The van der Waals surface area contributed by atoms with Gasteiger partial charge in [-0.1, -0.05) is 0 Å². The lowest BCUT2D eigenvalue weighted by molar-refractivity contribution is -0.131. The molecule has 1 atom stereocenters. The molecule has 0 radical (unpaired) electrons. The first-order valence-electron chi connectivity index (χ1n) is 4.08. The Kier molecular flexibility index (Phi) is 2.55. The third kappa shape index (κ3) is 1.30. The summed E-state index contributed by atoms with van der Waals surface area (Å²) >= 11 is 0. The van der Waals surface area contributed by atoms with Crippen LogP contribution in [0.15, 0.2) is 0 Å². The average Bonchev–Trinajstić information content (AvgIpc) is 2.00. The molecule has 2 N–H and O–H groups in total. The van der Waals surface area contributed by atoms with Crippen molar-refractivity contribution < 1.29 is 4.79 Å². The van der Waals surface area contributed by atoms with Crippen molar-refractivity contribution in [3.63, 3.8) is 0 Å². The van der Waals surface area contributed by atoms with E-state index in [1.54, 1.807) is 0 Å². The number of Topliss-reactive ketones (excluding diaryl/α,β-unsaturated/α-hetero) is 1. The van der Waals surface area contributed by atoms with E-state index >= 15 is 0 Å². The van der Waals surface area contributed by atoms with E-state index in [2.05, 4.69) is 0 Å². The van der Waals surface area contributed by atoms with Crippen LogP contribution in [0.4, 0.5) is 0 Å². The van der Waals surface area contributed by atoms with Gasteiger partial charge in [-0.05, 0) is 31.6 Å². The third-order valence-electron chi connectivity index (χ3n) is 3.01. The maximum atomic E-state index is 11.3. The molecule has 2 bridgehead atoms. The number of carbonyl (C=O) groups is 1. The molecule has 0 aromatic carbocycles. The first kappa shape index (κ1) is 9.01. The van der Waals surface area contributed by atoms with E-state index in [0.29, 0.717) is 17.6 Å². The van der Waals surface area contributed by atoms with Crippen LogP contribution < -0.4 is 5.73 Å². The lowest BCUT2D eigenvalue weighted by atomic mass is 9.67. The highest BCUT2D eigenvalue weighted by molar-refractivity contribution is 5.87. The van der Waals surface area contributed by atoms with Gasteiger partial charge in [0.2, 0.25) is 0 Å². The number of hydrogen-bond acceptors (Lipinski definition) is 2. The van der Waals surface area contributed by atoms with Crippen LogP contribution in [0.3, 0.4) is 0 Å². The van der Waals surface area contributed by atoms with Gasteiger partial charge < -0.3 is 5.73 Å². The summed E-state index contributed by atoms with van der Waals surface area (Å²) in [6, 6.07) is -0.104. The minimum absolute atomic E-state index is 0.